The minimum atomic E-state index is -0.0142. The Balaban J connectivity index is 0.00000182. The smallest absolute Gasteiger partial charge is 0.289 e. The predicted molar refractivity (Wildman–Crippen MR) is 104 cm³/mol. The summed E-state index contributed by atoms with van der Waals surface area (Å²) in [4.78, 5) is 14.8. The minimum absolute atomic E-state index is 0. The van der Waals surface area contributed by atoms with Crippen molar-refractivity contribution in [3.63, 3.8) is 0 Å². The lowest BCUT2D eigenvalue weighted by Crippen LogP contribution is -2.44. The van der Waals surface area contributed by atoms with E-state index in [0.717, 1.165) is 53.2 Å². The van der Waals surface area contributed by atoms with Gasteiger partial charge in [0.2, 0.25) is 0 Å². The van der Waals surface area contributed by atoms with E-state index in [9.17, 15) is 4.79 Å². The molecule has 0 aliphatic carbocycles. The number of nitrogens with one attached hydrogen (secondary N) is 1. The largest absolute Gasteiger partial charge is 0.450 e. The average molecular weight is 359 g/mol. The first-order valence-corrected chi connectivity index (χ1v) is 8.55. The normalized spacial score (nSPS) is 15.3. The number of halogens is 1. The van der Waals surface area contributed by atoms with E-state index in [4.69, 9.17) is 4.42 Å². The van der Waals surface area contributed by atoms with Crippen LogP contribution in [0.4, 0.5) is 0 Å². The summed E-state index contributed by atoms with van der Waals surface area (Å²) in [5, 5.41) is 6.55. The van der Waals surface area contributed by atoms with Gasteiger partial charge >= 0.3 is 0 Å². The number of hydrogen-bond donors (Lipinski definition) is 1. The first-order valence-electron chi connectivity index (χ1n) is 8.55. The van der Waals surface area contributed by atoms with Crippen LogP contribution in [0.1, 0.15) is 29.0 Å². The monoisotopic (exact) mass is 358 g/mol. The van der Waals surface area contributed by atoms with E-state index in [0.29, 0.717) is 5.76 Å². The topological polar surface area (TPSA) is 45.5 Å². The summed E-state index contributed by atoms with van der Waals surface area (Å²) in [6, 6.07) is 12.6. The molecule has 0 spiro atoms. The van der Waals surface area contributed by atoms with Gasteiger partial charge in [0.25, 0.3) is 5.91 Å². The number of piperidine rings is 1. The van der Waals surface area contributed by atoms with Crippen LogP contribution in [0.5, 0.6) is 0 Å². The highest BCUT2D eigenvalue weighted by Crippen LogP contribution is 2.32. The van der Waals surface area contributed by atoms with Crippen molar-refractivity contribution in [2.45, 2.75) is 25.8 Å². The van der Waals surface area contributed by atoms with Crippen LogP contribution in [0.25, 0.3) is 21.7 Å². The summed E-state index contributed by atoms with van der Waals surface area (Å²) in [5.41, 5.74) is 1.74. The molecule has 0 bridgehead atoms. The van der Waals surface area contributed by atoms with Crippen molar-refractivity contribution in [3.05, 3.63) is 47.7 Å². The zero-order valence-corrected chi connectivity index (χ0v) is 15.4. The number of benzene rings is 2. The molecule has 4 rings (SSSR count). The first-order chi connectivity index (χ1) is 11.7. The highest BCUT2D eigenvalue weighted by atomic mass is 35.5. The number of fused-ring (bicyclic) bond motifs is 3. The fourth-order valence-corrected chi connectivity index (χ4v) is 3.67. The number of furan rings is 1. The van der Waals surface area contributed by atoms with Crippen molar-refractivity contribution in [2.24, 2.45) is 0 Å². The van der Waals surface area contributed by atoms with Gasteiger partial charge in [-0.25, -0.2) is 0 Å². The maximum absolute atomic E-state index is 13.0. The lowest BCUT2D eigenvalue weighted by molar-refractivity contribution is 0.0672. The van der Waals surface area contributed by atoms with Crippen LogP contribution in [0.2, 0.25) is 0 Å². The molecule has 1 saturated heterocycles. The fraction of sp³-hybridized carbons (Fsp3) is 0.350. The number of nitrogens with zero attached hydrogens (tertiary/aromatic N) is 1. The highest BCUT2D eigenvalue weighted by Gasteiger charge is 2.27. The van der Waals surface area contributed by atoms with Gasteiger partial charge in [-0.3, -0.25) is 4.79 Å². The van der Waals surface area contributed by atoms with E-state index < -0.39 is 0 Å². The molecule has 1 aliphatic heterocycles. The fourth-order valence-electron chi connectivity index (χ4n) is 3.67. The van der Waals surface area contributed by atoms with Gasteiger partial charge in [0, 0.05) is 29.4 Å². The zero-order valence-electron chi connectivity index (χ0n) is 14.5. The summed E-state index contributed by atoms with van der Waals surface area (Å²) < 4.78 is 6.08. The molecule has 1 aliphatic rings. The van der Waals surface area contributed by atoms with Crippen LogP contribution in [-0.2, 0) is 0 Å². The Hall–Kier alpha value is -2.04. The van der Waals surface area contributed by atoms with Crippen LogP contribution < -0.4 is 5.32 Å². The third-order valence-corrected chi connectivity index (χ3v) is 5.20. The molecule has 0 atom stereocenters. The van der Waals surface area contributed by atoms with Gasteiger partial charge in [-0.1, -0.05) is 36.4 Å². The molecule has 1 N–H and O–H groups in total. The van der Waals surface area contributed by atoms with Gasteiger partial charge in [-0.15, -0.1) is 12.4 Å². The van der Waals surface area contributed by atoms with Gasteiger partial charge in [-0.05, 0) is 38.2 Å². The number of hydrogen-bond acceptors (Lipinski definition) is 3. The summed E-state index contributed by atoms with van der Waals surface area (Å²) in [6.07, 6.45) is 1.98. The van der Waals surface area contributed by atoms with Gasteiger partial charge in [0.1, 0.15) is 5.58 Å². The second-order valence-electron chi connectivity index (χ2n) is 6.62. The van der Waals surface area contributed by atoms with Crippen LogP contribution in [0.3, 0.4) is 0 Å². The van der Waals surface area contributed by atoms with Crippen molar-refractivity contribution >= 4 is 40.1 Å². The molecule has 0 saturated carbocycles. The lowest BCUT2D eigenvalue weighted by Gasteiger charge is -2.31. The summed E-state index contributed by atoms with van der Waals surface area (Å²) >= 11 is 0. The zero-order chi connectivity index (χ0) is 16.7. The van der Waals surface area contributed by atoms with Crippen LogP contribution >= 0.6 is 12.4 Å². The molecule has 0 radical (unpaired) electrons. The van der Waals surface area contributed by atoms with Gasteiger partial charge < -0.3 is 14.6 Å². The number of rotatable bonds is 2. The quantitative estimate of drug-likeness (QED) is 0.748. The average Bonchev–Trinajstić information content (AvgIpc) is 2.98. The van der Waals surface area contributed by atoms with E-state index >= 15 is 0 Å². The predicted octanol–water partition coefficient (Wildman–Crippen LogP) is 4.14. The molecular formula is C20H23ClN2O2. The Labute approximate surface area is 153 Å². The van der Waals surface area contributed by atoms with E-state index in [1.807, 2.05) is 37.1 Å². The standard InChI is InChI=1S/C20H22N2O2.ClH/c1-13-16-8-7-14-5-3-4-6-17(14)19(16)24-18(13)20(23)22(2)15-9-11-21-12-10-15;/h3-8,15,21H,9-12H2,1-2H3;1H. The van der Waals surface area contributed by atoms with Crippen LogP contribution in [0, 0.1) is 6.92 Å². The molecule has 1 fully saturated rings. The van der Waals surface area contributed by atoms with Crippen molar-refractivity contribution in [1.82, 2.24) is 10.2 Å². The highest BCUT2D eigenvalue weighted by molar-refractivity contribution is 6.08. The van der Waals surface area contributed by atoms with Gasteiger partial charge in [0.05, 0.1) is 0 Å². The van der Waals surface area contributed by atoms with E-state index in [2.05, 4.69) is 23.5 Å². The molecule has 132 valence electrons. The lowest BCUT2D eigenvalue weighted by atomic mass is 10.0. The molecule has 0 unspecified atom stereocenters. The van der Waals surface area contributed by atoms with E-state index in [1.165, 1.54) is 0 Å². The second-order valence-corrected chi connectivity index (χ2v) is 6.62. The number of aryl methyl sites for hydroxylation is 1. The molecule has 1 amide bonds. The summed E-state index contributed by atoms with van der Waals surface area (Å²) in [6.45, 7) is 3.90. The van der Waals surface area contributed by atoms with Crippen LogP contribution in [0.15, 0.2) is 40.8 Å². The maximum Gasteiger partial charge on any atom is 0.289 e. The van der Waals surface area contributed by atoms with Crippen LogP contribution in [-0.4, -0.2) is 37.0 Å². The van der Waals surface area contributed by atoms with E-state index in [-0.39, 0.29) is 24.4 Å². The Morgan fingerprint density at radius 1 is 1.12 bits per heavy atom. The SMILES string of the molecule is Cc1c(C(=O)N(C)C2CCNCC2)oc2c1ccc1ccccc12.Cl. The van der Waals surface area contributed by atoms with Crippen molar-refractivity contribution < 1.29 is 9.21 Å². The summed E-state index contributed by atoms with van der Waals surface area (Å²) in [5.74, 6) is 0.460. The Morgan fingerprint density at radius 2 is 1.84 bits per heavy atom. The molecule has 25 heavy (non-hydrogen) atoms. The summed E-state index contributed by atoms with van der Waals surface area (Å²) in [7, 11) is 1.89. The van der Waals surface area contributed by atoms with Gasteiger partial charge in [0.15, 0.2) is 5.76 Å². The third-order valence-electron chi connectivity index (χ3n) is 5.20. The molecule has 5 heteroatoms. The molecular weight excluding hydrogens is 336 g/mol. The second kappa shape index (κ2) is 7.06. The maximum atomic E-state index is 13.0. The Kier molecular flexibility index (Phi) is 5.02. The number of amides is 1. The number of carbonyl (C=O) groups excluding carboxylic acids is 1. The molecule has 4 nitrogen and oxygen atoms in total. The minimum Gasteiger partial charge on any atom is -0.450 e. The Morgan fingerprint density at radius 3 is 2.60 bits per heavy atom. The third kappa shape index (κ3) is 3.00. The Bertz CT molecular complexity index is 913. The molecule has 2 heterocycles. The molecule has 3 aromatic rings. The van der Waals surface area contributed by atoms with Gasteiger partial charge in [-0.2, -0.15) is 0 Å². The first kappa shape index (κ1) is 17.8. The van der Waals surface area contributed by atoms with Crippen molar-refractivity contribution in [3.8, 4) is 0 Å². The molecule has 2 aromatic carbocycles. The number of carbonyl (C=O) groups is 1. The van der Waals surface area contributed by atoms with Crippen molar-refractivity contribution in [2.75, 3.05) is 20.1 Å². The van der Waals surface area contributed by atoms with E-state index in [1.54, 1.807) is 0 Å². The van der Waals surface area contributed by atoms with Crippen molar-refractivity contribution in [1.29, 1.82) is 0 Å². The molecule has 1 aromatic heterocycles.